The van der Waals surface area contributed by atoms with E-state index in [0.29, 0.717) is 17.0 Å². The van der Waals surface area contributed by atoms with E-state index in [2.05, 4.69) is 5.32 Å². The molecule has 0 heterocycles. The smallest absolute Gasteiger partial charge is 0.264 e. The maximum Gasteiger partial charge on any atom is 0.264 e. The van der Waals surface area contributed by atoms with Crippen LogP contribution in [-0.2, 0) is 26.2 Å². The van der Waals surface area contributed by atoms with Crippen LogP contribution in [0.2, 0.25) is 0 Å². The van der Waals surface area contributed by atoms with Crippen molar-refractivity contribution in [1.82, 2.24) is 10.2 Å². The van der Waals surface area contributed by atoms with Gasteiger partial charge in [0.15, 0.2) is 0 Å². The predicted molar refractivity (Wildman–Crippen MR) is 158 cm³/mol. The Kier molecular flexibility index (Phi) is 9.63. The third-order valence-corrected chi connectivity index (χ3v) is 8.17. The molecule has 214 valence electrons. The molecule has 0 radical (unpaired) electrons. The molecule has 0 aromatic heterocycles. The number of benzene rings is 3. The van der Waals surface area contributed by atoms with Crippen molar-refractivity contribution in [3.05, 3.63) is 89.5 Å². The average molecular weight is 566 g/mol. The van der Waals surface area contributed by atoms with E-state index in [9.17, 15) is 18.0 Å². The van der Waals surface area contributed by atoms with Gasteiger partial charge in [0.05, 0.1) is 17.7 Å². The Balaban J connectivity index is 2.08. The van der Waals surface area contributed by atoms with Gasteiger partial charge in [-0.05, 0) is 88.6 Å². The third-order valence-electron chi connectivity index (χ3n) is 6.40. The van der Waals surface area contributed by atoms with Crippen LogP contribution in [0.1, 0.15) is 44.4 Å². The van der Waals surface area contributed by atoms with Crippen LogP contribution in [0, 0.1) is 13.8 Å². The Bertz CT molecular complexity index is 1450. The summed E-state index contributed by atoms with van der Waals surface area (Å²) in [5.74, 6) is -0.242. The highest BCUT2D eigenvalue weighted by molar-refractivity contribution is 7.92. The number of carbonyl (C=O) groups excluding carboxylic acids is 2. The number of hydrogen-bond donors (Lipinski definition) is 1. The summed E-state index contributed by atoms with van der Waals surface area (Å²) in [4.78, 5) is 28.8. The van der Waals surface area contributed by atoms with Gasteiger partial charge in [0, 0.05) is 12.1 Å². The van der Waals surface area contributed by atoms with Crippen LogP contribution in [0.5, 0.6) is 5.75 Å². The zero-order valence-electron chi connectivity index (χ0n) is 24.3. The molecule has 3 aromatic carbocycles. The first kappa shape index (κ1) is 30.7. The second kappa shape index (κ2) is 12.6. The molecule has 0 saturated heterocycles. The number of anilines is 1. The van der Waals surface area contributed by atoms with Crippen LogP contribution < -0.4 is 14.4 Å². The van der Waals surface area contributed by atoms with E-state index in [4.69, 9.17) is 4.74 Å². The van der Waals surface area contributed by atoms with Crippen molar-refractivity contribution in [3.63, 3.8) is 0 Å². The van der Waals surface area contributed by atoms with E-state index in [1.807, 2.05) is 45.9 Å². The Labute approximate surface area is 238 Å². The molecular formula is C31H39N3O5S. The Morgan fingerprint density at radius 3 is 2.25 bits per heavy atom. The fourth-order valence-corrected chi connectivity index (χ4v) is 5.74. The van der Waals surface area contributed by atoms with Gasteiger partial charge < -0.3 is 15.0 Å². The van der Waals surface area contributed by atoms with Crippen LogP contribution in [0.4, 0.5) is 5.69 Å². The highest BCUT2D eigenvalue weighted by Gasteiger charge is 2.34. The molecule has 0 spiro atoms. The van der Waals surface area contributed by atoms with E-state index in [0.717, 1.165) is 15.4 Å². The van der Waals surface area contributed by atoms with Crippen molar-refractivity contribution >= 4 is 27.5 Å². The molecule has 0 aliphatic rings. The van der Waals surface area contributed by atoms with Crippen LogP contribution in [0.15, 0.2) is 77.7 Å². The van der Waals surface area contributed by atoms with Gasteiger partial charge in [0.1, 0.15) is 18.3 Å². The number of ether oxygens (including phenoxy) is 1. The van der Waals surface area contributed by atoms with Crippen molar-refractivity contribution in [2.75, 3.05) is 18.0 Å². The minimum Gasteiger partial charge on any atom is -0.497 e. The van der Waals surface area contributed by atoms with Crippen molar-refractivity contribution in [2.45, 2.75) is 64.6 Å². The summed E-state index contributed by atoms with van der Waals surface area (Å²) in [6, 6.07) is 19.8. The van der Waals surface area contributed by atoms with Crippen LogP contribution in [-0.4, -0.2) is 50.4 Å². The average Bonchev–Trinajstić information content (AvgIpc) is 2.91. The lowest BCUT2D eigenvalue weighted by atomic mass is 10.1. The fraction of sp³-hybridized carbons (Fsp3) is 0.355. The number of aryl methyl sites for hydroxylation is 2. The molecule has 3 rings (SSSR count). The monoisotopic (exact) mass is 565 g/mol. The van der Waals surface area contributed by atoms with E-state index in [1.165, 1.54) is 17.0 Å². The molecule has 2 amide bonds. The van der Waals surface area contributed by atoms with Crippen molar-refractivity contribution in [2.24, 2.45) is 0 Å². The molecule has 40 heavy (non-hydrogen) atoms. The summed E-state index contributed by atoms with van der Waals surface area (Å²) in [5.41, 5.74) is 2.19. The number of amides is 2. The number of sulfonamides is 1. The van der Waals surface area contributed by atoms with Crippen LogP contribution >= 0.6 is 0 Å². The van der Waals surface area contributed by atoms with E-state index in [1.54, 1.807) is 63.4 Å². The topological polar surface area (TPSA) is 96.0 Å². The largest absolute Gasteiger partial charge is 0.497 e. The van der Waals surface area contributed by atoms with Gasteiger partial charge in [-0.15, -0.1) is 0 Å². The maximum absolute atomic E-state index is 14.1. The van der Waals surface area contributed by atoms with Crippen LogP contribution in [0.3, 0.4) is 0 Å². The SMILES string of the molecule is COc1cccc(CN(C(=O)CN(c2cc(C)ccc2C)S(=O)(=O)c2ccccc2)[C@H](C)C(=O)NC(C)(C)C)c1. The Morgan fingerprint density at radius 2 is 1.62 bits per heavy atom. The second-order valence-electron chi connectivity index (χ2n) is 10.9. The molecule has 0 fully saturated rings. The standard InChI is InChI=1S/C31H39N3O5S/c1-22-16-17-23(2)28(18-22)34(40(37,38)27-14-9-8-10-15-27)21-29(35)33(24(3)30(36)32-31(4,5)6)20-25-12-11-13-26(19-25)39-7/h8-19,24H,20-21H2,1-7H3,(H,32,36)/t24-/m1/s1. The first-order valence-corrected chi connectivity index (χ1v) is 14.6. The second-order valence-corrected chi connectivity index (χ2v) is 12.8. The number of carbonyl (C=O) groups is 2. The van der Waals surface area contributed by atoms with E-state index < -0.39 is 34.1 Å². The van der Waals surface area contributed by atoms with Gasteiger partial charge in [-0.2, -0.15) is 0 Å². The zero-order valence-corrected chi connectivity index (χ0v) is 25.1. The van der Waals surface area contributed by atoms with Crippen molar-refractivity contribution in [1.29, 1.82) is 0 Å². The number of methoxy groups -OCH3 is 1. The highest BCUT2D eigenvalue weighted by atomic mass is 32.2. The summed E-state index contributed by atoms with van der Waals surface area (Å²) >= 11 is 0. The Hall–Kier alpha value is -3.85. The quantitative estimate of drug-likeness (QED) is 0.380. The van der Waals surface area contributed by atoms with Gasteiger partial charge in [0.25, 0.3) is 10.0 Å². The molecule has 0 saturated carbocycles. The number of nitrogens with one attached hydrogen (secondary N) is 1. The van der Waals surface area contributed by atoms with Gasteiger partial charge in [-0.1, -0.05) is 42.5 Å². The van der Waals surface area contributed by atoms with Crippen molar-refractivity contribution < 1.29 is 22.7 Å². The van der Waals surface area contributed by atoms with Gasteiger partial charge >= 0.3 is 0 Å². The lowest BCUT2D eigenvalue weighted by Crippen LogP contribution is -2.54. The zero-order chi connectivity index (χ0) is 29.7. The fourth-order valence-electron chi connectivity index (χ4n) is 4.25. The molecule has 0 bridgehead atoms. The van der Waals surface area contributed by atoms with E-state index >= 15 is 0 Å². The first-order valence-electron chi connectivity index (χ1n) is 13.1. The lowest BCUT2D eigenvalue weighted by Gasteiger charge is -2.34. The minimum absolute atomic E-state index is 0.0709. The van der Waals surface area contributed by atoms with Gasteiger partial charge in [-0.25, -0.2) is 8.42 Å². The highest BCUT2D eigenvalue weighted by Crippen LogP contribution is 2.28. The molecule has 0 aliphatic carbocycles. The number of hydrogen-bond acceptors (Lipinski definition) is 5. The molecule has 3 aromatic rings. The molecular weight excluding hydrogens is 526 g/mol. The normalized spacial score (nSPS) is 12.4. The van der Waals surface area contributed by atoms with Crippen LogP contribution in [0.25, 0.3) is 0 Å². The van der Waals surface area contributed by atoms with Gasteiger partial charge in [0.2, 0.25) is 11.8 Å². The van der Waals surface area contributed by atoms with E-state index in [-0.39, 0.29) is 17.3 Å². The number of nitrogens with zero attached hydrogens (tertiary/aromatic N) is 2. The molecule has 9 heteroatoms. The summed E-state index contributed by atoms with van der Waals surface area (Å²) in [6.07, 6.45) is 0. The number of rotatable bonds is 10. The molecule has 8 nitrogen and oxygen atoms in total. The molecule has 1 atom stereocenters. The summed E-state index contributed by atoms with van der Waals surface area (Å²) in [6.45, 7) is 10.5. The molecule has 0 unspecified atom stereocenters. The third kappa shape index (κ3) is 7.63. The maximum atomic E-state index is 14.1. The van der Waals surface area contributed by atoms with Gasteiger partial charge in [-0.3, -0.25) is 13.9 Å². The first-order chi connectivity index (χ1) is 18.7. The minimum atomic E-state index is -4.11. The van der Waals surface area contributed by atoms with Crippen molar-refractivity contribution in [3.8, 4) is 5.75 Å². The lowest BCUT2D eigenvalue weighted by molar-refractivity contribution is -0.140. The molecule has 0 aliphatic heterocycles. The predicted octanol–water partition coefficient (Wildman–Crippen LogP) is 4.84. The summed E-state index contributed by atoms with van der Waals surface area (Å²) in [7, 11) is -2.56. The summed E-state index contributed by atoms with van der Waals surface area (Å²) < 4.78 is 34.4. The Morgan fingerprint density at radius 1 is 0.950 bits per heavy atom. The summed E-state index contributed by atoms with van der Waals surface area (Å²) in [5, 5.41) is 2.93. The molecule has 1 N–H and O–H groups in total.